The predicted molar refractivity (Wildman–Crippen MR) is 111 cm³/mol. The number of hydrogen-bond acceptors (Lipinski definition) is 3. The lowest BCUT2D eigenvalue weighted by Gasteiger charge is -2.22. The van der Waals surface area contributed by atoms with E-state index in [2.05, 4.69) is 24.3 Å². The molecule has 1 aromatic carbocycles. The van der Waals surface area contributed by atoms with E-state index in [-0.39, 0.29) is 11.6 Å². The first kappa shape index (κ1) is 21.7. The van der Waals surface area contributed by atoms with Crippen LogP contribution in [-0.2, 0) is 26.4 Å². The fraction of sp³-hybridized carbons (Fsp3) is 0.524. The molecule has 0 saturated heterocycles. The van der Waals surface area contributed by atoms with Gasteiger partial charge in [-0.2, -0.15) is 5.10 Å². The summed E-state index contributed by atoms with van der Waals surface area (Å²) in [5.41, 5.74) is 3.53. The summed E-state index contributed by atoms with van der Waals surface area (Å²) in [5.74, 6) is 0.725. The van der Waals surface area contributed by atoms with Crippen LogP contribution in [0.2, 0.25) is 0 Å². The second kappa shape index (κ2) is 10.7. The molecule has 2 aromatic rings. The molecule has 2 rings (SSSR count). The molecule has 1 heterocycles. The molecule has 6 nitrogen and oxygen atoms in total. The first-order valence-corrected chi connectivity index (χ1v) is 9.92. The van der Waals surface area contributed by atoms with Crippen molar-refractivity contribution < 1.29 is 9.13 Å². The van der Waals surface area contributed by atoms with Crippen molar-refractivity contribution in [1.29, 1.82) is 0 Å². The highest BCUT2D eigenvalue weighted by molar-refractivity contribution is 5.79. The number of halogens is 1. The Hall–Kier alpha value is -2.57. The lowest BCUT2D eigenvalue weighted by Crippen LogP contribution is -2.40. The molecule has 0 atom stereocenters. The highest BCUT2D eigenvalue weighted by Crippen LogP contribution is 2.17. The Morgan fingerprint density at radius 3 is 2.64 bits per heavy atom. The van der Waals surface area contributed by atoms with Gasteiger partial charge < -0.3 is 15.0 Å². The van der Waals surface area contributed by atoms with E-state index in [1.165, 1.54) is 17.3 Å². The first-order chi connectivity index (χ1) is 13.5. The first-order valence-electron chi connectivity index (χ1n) is 9.92. The molecule has 1 N–H and O–H groups in total. The van der Waals surface area contributed by atoms with E-state index in [1.54, 1.807) is 18.2 Å². The van der Waals surface area contributed by atoms with Gasteiger partial charge in [-0.05, 0) is 31.9 Å². The molecule has 0 aliphatic rings. The normalized spacial score (nSPS) is 11.6. The van der Waals surface area contributed by atoms with E-state index >= 15 is 0 Å². The van der Waals surface area contributed by atoms with Gasteiger partial charge in [0.25, 0.3) is 0 Å². The average molecular weight is 390 g/mol. The third-order valence-corrected chi connectivity index (χ3v) is 4.63. The molecule has 0 amide bonds. The molecule has 1 aromatic heterocycles. The standard InChI is InChI=1S/C21H32FN5O/c1-6-18-16(19(7-2)27(5)25-18)15-24-21(23-8-3)26(4)13-14-28-20-12-10-9-11-17(20)22/h9-12H,6-8,13-15H2,1-5H3,(H,23,24). The van der Waals surface area contributed by atoms with E-state index in [9.17, 15) is 4.39 Å². The van der Waals surface area contributed by atoms with Crippen LogP contribution in [0.1, 0.15) is 37.7 Å². The molecular weight excluding hydrogens is 357 g/mol. The lowest BCUT2D eigenvalue weighted by molar-refractivity contribution is 0.270. The summed E-state index contributed by atoms with van der Waals surface area (Å²) in [6.45, 7) is 8.61. The minimum absolute atomic E-state index is 0.272. The third-order valence-electron chi connectivity index (χ3n) is 4.63. The summed E-state index contributed by atoms with van der Waals surface area (Å²) < 4.78 is 21.2. The molecule has 0 spiro atoms. The van der Waals surface area contributed by atoms with Gasteiger partial charge in [0.15, 0.2) is 17.5 Å². The van der Waals surface area contributed by atoms with Gasteiger partial charge in [0, 0.05) is 31.9 Å². The number of aliphatic imine (C=N–C) groups is 1. The number of aryl methyl sites for hydroxylation is 2. The van der Waals surface area contributed by atoms with Crippen molar-refractivity contribution in [1.82, 2.24) is 20.0 Å². The number of guanidine groups is 1. The number of nitrogens with one attached hydrogen (secondary N) is 1. The van der Waals surface area contributed by atoms with E-state index in [1.807, 2.05) is 30.6 Å². The summed E-state index contributed by atoms with van der Waals surface area (Å²) in [5, 5.41) is 7.93. The Labute approximate surface area is 167 Å². The van der Waals surface area contributed by atoms with Crippen LogP contribution < -0.4 is 10.1 Å². The van der Waals surface area contributed by atoms with Crippen LogP contribution in [-0.4, -0.2) is 47.4 Å². The van der Waals surface area contributed by atoms with Crippen LogP contribution in [0.15, 0.2) is 29.3 Å². The maximum Gasteiger partial charge on any atom is 0.194 e. The second-order valence-electron chi connectivity index (χ2n) is 6.57. The van der Waals surface area contributed by atoms with Crippen molar-refractivity contribution in [2.24, 2.45) is 12.0 Å². The van der Waals surface area contributed by atoms with Crippen molar-refractivity contribution >= 4 is 5.96 Å². The van der Waals surface area contributed by atoms with Crippen molar-refractivity contribution in [3.8, 4) is 5.75 Å². The van der Waals surface area contributed by atoms with E-state index in [0.717, 1.165) is 31.0 Å². The third kappa shape index (κ3) is 5.47. The number of para-hydroxylation sites is 1. The second-order valence-corrected chi connectivity index (χ2v) is 6.57. The van der Waals surface area contributed by atoms with Gasteiger partial charge in [0.2, 0.25) is 0 Å². The molecule has 0 saturated carbocycles. The minimum Gasteiger partial charge on any atom is -0.489 e. The zero-order chi connectivity index (χ0) is 20.5. The van der Waals surface area contributed by atoms with Crippen molar-refractivity contribution in [3.63, 3.8) is 0 Å². The topological polar surface area (TPSA) is 54.7 Å². The van der Waals surface area contributed by atoms with Gasteiger partial charge in [-0.3, -0.25) is 4.68 Å². The Kier molecular flexibility index (Phi) is 8.29. The largest absolute Gasteiger partial charge is 0.489 e. The molecule has 0 unspecified atom stereocenters. The zero-order valence-corrected chi connectivity index (χ0v) is 17.6. The maximum absolute atomic E-state index is 13.7. The van der Waals surface area contributed by atoms with Crippen LogP contribution >= 0.6 is 0 Å². The number of aromatic nitrogens is 2. The Bertz CT molecular complexity index is 787. The smallest absolute Gasteiger partial charge is 0.194 e. The SMILES string of the molecule is CCNC(=NCc1c(CC)nn(C)c1CC)N(C)CCOc1ccccc1F. The van der Waals surface area contributed by atoms with Crippen LogP contribution in [0.25, 0.3) is 0 Å². The van der Waals surface area contributed by atoms with Gasteiger partial charge in [-0.15, -0.1) is 0 Å². The summed E-state index contributed by atoms with van der Waals surface area (Å²) in [4.78, 5) is 6.80. The van der Waals surface area contributed by atoms with Gasteiger partial charge in [0.05, 0.1) is 18.8 Å². The molecule has 0 fully saturated rings. The number of likely N-dealkylation sites (N-methyl/N-ethyl adjacent to an activating group) is 1. The molecule has 0 aliphatic heterocycles. The van der Waals surface area contributed by atoms with Crippen molar-refractivity contribution in [3.05, 3.63) is 47.0 Å². The van der Waals surface area contributed by atoms with Crippen LogP contribution in [0.3, 0.4) is 0 Å². The summed E-state index contributed by atoms with van der Waals surface area (Å²) in [7, 11) is 3.94. The molecule has 154 valence electrons. The molecule has 28 heavy (non-hydrogen) atoms. The highest BCUT2D eigenvalue weighted by Gasteiger charge is 2.14. The zero-order valence-electron chi connectivity index (χ0n) is 17.6. The average Bonchev–Trinajstić information content (AvgIpc) is 3.00. The maximum atomic E-state index is 13.7. The molecule has 0 radical (unpaired) electrons. The number of rotatable bonds is 9. The monoisotopic (exact) mass is 389 g/mol. The molecule has 7 heteroatoms. The number of ether oxygens (including phenoxy) is 1. The lowest BCUT2D eigenvalue weighted by atomic mass is 10.1. The predicted octanol–water partition coefficient (Wildman–Crippen LogP) is 3.16. The Morgan fingerprint density at radius 1 is 1.25 bits per heavy atom. The fourth-order valence-corrected chi connectivity index (χ4v) is 3.16. The van der Waals surface area contributed by atoms with E-state index in [0.29, 0.717) is 19.7 Å². The van der Waals surface area contributed by atoms with Gasteiger partial charge >= 0.3 is 0 Å². The molecular formula is C21H32FN5O. The van der Waals surface area contributed by atoms with Crippen molar-refractivity contribution in [2.45, 2.75) is 40.2 Å². The van der Waals surface area contributed by atoms with Crippen LogP contribution in [0.4, 0.5) is 4.39 Å². The molecule has 0 aliphatic carbocycles. The number of benzene rings is 1. The fourth-order valence-electron chi connectivity index (χ4n) is 3.16. The Morgan fingerprint density at radius 2 is 2.00 bits per heavy atom. The quantitative estimate of drug-likeness (QED) is 0.529. The number of hydrogen-bond donors (Lipinski definition) is 1. The molecule has 0 bridgehead atoms. The van der Waals surface area contributed by atoms with E-state index < -0.39 is 0 Å². The summed E-state index contributed by atoms with van der Waals surface area (Å²) >= 11 is 0. The van der Waals surface area contributed by atoms with Crippen LogP contribution in [0, 0.1) is 5.82 Å². The van der Waals surface area contributed by atoms with Gasteiger partial charge in [-0.1, -0.05) is 26.0 Å². The Balaban J connectivity index is 2.04. The minimum atomic E-state index is -0.346. The number of nitrogens with zero attached hydrogens (tertiary/aromatic N) is 4. The van der Waals surface area contributed by atoms with Crippen molar-refractivity contribution in [2.75, 3.05) is 26.7 Å². The van der Waals surface area contributed by atoms with Crippen LogP contribution in [0.5, 0.6) is 5.75 Å². The summed E-state index contributed by atoms with van der Waals surface area (Å²) in [6, 6.07) is 6.45. The van der Waals surface area contributed by atoms with Gasteiger partial charge in [-0.25, -0.2) is 9.38 Å². The van der Waals surface area contributed by atoms with E-state index in [4.69, 9.17) is 9.73 Å². The summed E-state index contributed by atoms with van der Waals surface area (Å²) in [6.07, 6.45) is 1.82. The van der Waals surface area contributed by atoms with Gasteiger partial charge in [0.1, 0.15) is 6.61 Å². The highest BCUT2D eigenvalue weighted by atomic mass is 19.1.